The van der Waals surface area contributed by atoms with Crippen molar-refractivity contribution in [2.45, 2.75) is 22.6 Å². The van der Waals surface area contributed by atoms with Crippen LogP contribution in [0.2, 0.25) is 0 Å². The molecule has 3 rings (SSSR count). The van der Waals surface area contributed by atoms with Crippen LogP contribution in [0.5, 0.6) is 11.5 Å². The maximum absolute atomic E-state index is 12.2. The van der Waals surface area contributed by atoms with Crippen LogP contribution < -0.4 is 20.1 Å². The van der Waals surface area contributed by atoms with Crippen molar-refractivity contribution in [3.05, 3.63) is 42.5 Å². The number of ether oxygens (including phenoxy) is 2. The molecular weight excluding hydrogens is 372 g/mol. The number of benzene rings is 2. The minimum Gasteiger partial charge on any atom is -0.486 e. The van der Waals surface area contributed by atoms with Gasteiger partial charge < -0.3 is 20.1 Å². The number of hydrogen-bond acceptors (Lipinski definition) is 5. The van der Waals surface area contributed by atoms with E-state index < -0.39 is 0 Å². The maximum Gasteiger partial charge on any atom is 0.224 e. The van der Waals surface area contributed by atoms with Crippen LogP contribution in [-0.2, 0) is 4.79 Å². The molecular formula is C19H23ClN2O3S. The fourth-order valence-electron chi connectivity index (χ4n) is 2.51. The number of fused-ring (bicyclic) bond motifs is 1. The van der Waals surface area contributed by atoms with Gasteiger partial charge in [-0.25, -0.2) is 0 Å². The minimum absolute atomic E-state index is 0. The molecule has 2 N–H and O–H groups in total. The van der Waals surface area contributed by atoms with Crippen molar-refractivity contribution in [1.29, 1.82) is 0 Å². The molecule has 0 bridgehead atoms. The van der Waals surface area contributed by atoms with E-state index in [1.807, 2.05) is 49.5 Å². The fraction of sp³-hybridized carbons (Fsp3) is 0.316. The molecule has 1 aliphatic heterocycles. The van der Waals surface area contributed by atoms with Crippen molar-refractivity contribution in [1.82, 2.24) is 5.32 Å². The van der Waals surface area contributed by atoms with Gasteiger partial charge in [0.25, 0.3) is 0 Å². The third-order valence-electron chi connectivity index (χ3n) is 3.72. The first-order chi connectivity index (χ1) is 12.3. The molecule has 0 radical (unpaired) electrons. The number of anilines is 1. The predicted octanol–water partition coefficient (Wildman–Crippen LogP) is 3.97. The van der Waals surface area contributed by atoms with Gasteiger partial charge in [-0.2, -0.15) is 0 Å². The lowest BCUT2D eigenvalue weighted by molar-refractivity contribution is -0.116. The van der Waals surface area contributed by atoms with Crippen LogP contribution in [0.1, 0.15) is 12.8 Å². The summed E-state index contributed by atoms with van der Waals surface area (Å²) in [4.78, 5) is 14.3. The Labute approximate surface area is 164 Å². The second-order valence-electron chi connectivity index (χ2n) is 5.66. The van der Waals surface area contributed by atoms with Crippen molar-refractivity contribution in [2.75, 3.05) is 32.1 Å². The lowest BCUT2D eigenvalue weighted by atomic mass is 10.2. The van der Waals surface area contributed by atoms with Crippen LogP contribution in [0, 0.1) is 0 Å². The Bertz CT molecular complexity index is 728. The quantitative estimate of drug-likeness (QED) is 0.696. The second kappa shape index (κ2) is 10.3. The SMILES string of the molecule is CNCCCC(=O)Nc1cc2c(cc1Sc1ccccc1)OCCO2.Cl. The van der Waals surface area contributed by atoms with Gasteiger partial charge in [0.15, 0.2) is 11.5 Å². The zero-order valence-electron chi connectivity index (χ0n) is 14.6. The molecule has 140 valence electrons. The zero-order chi connectivity index (χ0) is 17.5. The molecule has 1 aliphatic rings. The Morgan fingerprint density at radius 1 is 1.12 bits per heavy atom. The highest BCUT2D eigenvalue weighted by Gasteiger charge is 2.18. The van der Waals surface area contributed by atoms with Crippen molar-refractivity contribution >= 4 is 35.8 Å². The van der Waals surface area contributed by atoms with Gasteiger partial charge in [-0.05, 0) is 32.1 Å². The summed E-state index contributed by atoms with van der Waals surface area (Å²) in [5.41, 5.74) is 0.757. The van der Waals surface area contributed by atoms with E-state index in [0.29, 0.717) is 25.4 Å². The molecule has 0 aromatic heterocycles. The number of carbonyl (C=O) groups excluding carboxylic acids is 1. The number of nitrogens with one attached hydrogen (secondary N) is 2. The smallest absolute Gasteiger partial charge is 0.224 e. The molecule has 5 nitrogen and oxygen atoms in total. The zero-order valence-corrected chi connectivity index (χ0v) is 16.3. The molecule has 0 aliphatic carbocycles. The number of rotatable bonds is 7. The van der Waals surface area contributed by atoms with Gasteiger partial charge >= 0.3 is 0 Å². The monoisotopic (exact) mass is 394 g/mol. The number of carbonyl (C=O) groups is 1. The van der Waals surface area contributed by atoms with E-state index in [-0.39, 0.29) is 18.3 Å². The van der Waals surface area contributed by atoms with E-state index in [0.717, 1.165) is 34.2 Å². The average Bonchev–Trinajstić information content (AvgIpc) is 2.63. The first-order valence-electron chi connectivity index (χ1n) is 8.37. The van der Waals surface area contributed by atoms with E-state index in [1.165, 1.54) is 0 Å². The lowest BCUT2D eigenvalue weighted by Gasteiger charge is -2.21. The Balaban J connectivity index is 0.00000243. The first kappa shape index (κ1) is 20.4. The van der Waals surface area contributed by atoms with Crippen LogP contribution in [0.15, 0.2) is 52.3 Å². The van der Waals surface area contributed by atoms with E-state index in [1.54, 1.807) is 11.8 Å². The normalized spacial score (nSPS) is 12.2. The van der Waals surface area contributed by atoms with Crippen LogP contribution in [-0.4, -0.2) is 32.7 Å². The summed E-state index contributed by atoms with van der Waals surface area (Å²) in [5, 5.41) is 6.07. The topological polar surface area (TPSA) is 59.6 Å². The largest absolute Gasteiger partial charge is 0.486 e. The summed E-state index contributed by atoms with van der Waals surface area (Å²) in [5.74, 6) is 1.40. The van der Waals surface area contributed by atoms with Gasteiger partial charge in [-0.15, -0.1) is 12.4 Å². The van der Waals surface area contributed by atoms with Crippen LogP contribution >= 0.6 is 24.2 Å². The molecule has 2 aromatic carbocycles. The van der Waals surface area contributed by atoms with Crippen molar-refractivity contribution in [2.24, 2.45) is 0 Å². The molecule has 1 heterocycles. The van der Waals surface area contributed by atoms with Crippen molar-refractivity contribution < 1.29 is 14.3 Å². The van der Waals surface area contributed by atoms with Gasteiger partial charge in [0, 0.05) is 28.3 Å². The number of halogens is 1. The van der Waals surface area contributed by atoms with Crippen molar-refractivity contribution in [3.8, 4) is 11.5 Å². The van der Waals surface area contributed by atoms with Crippen LogP contribution in [0.3, 0.4) is 0 Å². The Morgan fingerprint density at radius 3 is 2.50 bits per heavy atom. The molecule has 0 saturated heterocycles. The second-order valence-corrected chi connectivity index (χ2v) is 6.78. The molecule has 0 unspecified atom stereocenters. The first-order valence-corrected chi connectivity index (χ1v) is 9.19. The van der Waals surface area contributed by atoms with Gasteiger partial charge in [-0.3, -0.25) is 4.79 Å². The van der Waals surface area contributed by atoms with Gasteiger partial charge in [0.2, 0.25) is 5.91 Å². The molecule has 1 amide bonds. The highest BCUT2D eigenvalue weighted by atomic mass is 35.5. The predicted molar refractivity (Wildman–Crippen MR) is 107 cm³/mol. The number of amides is 1. The van der Waals surface area contributed by atoms with E-state index in [4.69, 9.17) is 9.47 Å². The standard InChI is InChI=1S/C19H22N2O3S.ClH/c1-20-9-5-8-19(22)21-15-12-16-17(24-11-10-23-16)13-18(15)25-14-6-3-2-4-7-14;/h2-4,6-7,12-13,20H,5,8-11H2,1H3,(H,21,22);1H. The average molecular weight is 395 g/mol. The third kappa shape index (κ3) is 5.56. The molecule has 7 heteroatoms. The van der Waals surface area contributed by atoms with Gasteiger partial charge in [-0.1, -0.05) is 30.0 Å². The maximum atomic E-state index is 12.2. The summed E-state index contributed by atoms with van der Waals surface area (Å²) in [7, 11) is 1.88. The summed E-state index contributed by atoms with van der Waals surface area (Å²) in [6.07, 6.45) is 1.28. The minimum atomic E-state index is 0. The Kier molecular flexibility index (Phi) is 8.09. The Hall–Kier alpha value is -1.89. The summed E-state index contributed by atoms with van der Waals surface area (Å²) >= 11 is 1.59. The van der Waals surface area contributed by atoms with Crippen LogP contribution in [0.4, 0.5) is 5.69 Å². The van der Waals surface area contributed by atoms with Crippen LogP contribution in [0.25, 0.3) is 0 Å². The highest BCUT2D eigenvalue weighted by molar-refractivity contribution is 7.99. The summed E-state index contributed by atoms with van der Waals surface area (Å²) < 4.78 is 11.3. The molecule has 26 heavy (non-hydrogen) atoms. The summed E-state index contributed by atoms with van der Waals surface area (Å²) in [6, 6.07) is 13.9. The number of hydrogen-bond donors (Lipinski definition) is 2. The van der Waals surface area contributed by atoms with E-state index in [2.05, 4.69) is 10.6 Å². The molecule has 0 atom stereocenters. The van der Waals surface area contributed by atoms with Gasteiger partial charge in [0.1, 0.15) is 13.2 Å². The van der Waals surface area contributed by atoms with E-state index in [9.17, 15) is 4.79 Å². The summed E-state index contributed by atoms with van der Waals surface area (Å²) in [6.45, 7) is 1.88. The molecule has 0 spiro atoms. The Morgan fingerprint density at radius 2 is 1.81 bits per heavy atom. The fourth-order valence-corrected chi connectivity index (χ4v) is 3.44. The highest BCUT2D eigenvalue weighted by Crippen LogP contribution is 2.42. The molecule has 0 saturated carbocycles. The third-order valence-corrected chi connectivity index (χ3v) is 4.79. The molecule has 0 fully saturated rings. The lowest BCUT2D eigenvalue weighted by Crippen LogP contribution is -2.18. The van der Waals surface area contributed by atoms with Gasteiger partial charge in [0.05, 0.1) is 5.69 Å². The molecule has 2 aromatic rings. The van der Waals surface area contributed by atoms with E-state index >= 15 is 0 Å². The van der Waals surface area contributed by atoms with Crippen molar-refractivity contribution in [3.63, 3.8) is 0 Å².